The minimum atomic E-state index is -0.510. The molecule has 4 nitrogen and oxygen atoms in total. The summed E-state index contributed by atoms with van der Waals surface area (Å²) in [5.74, 6) is -0.976. The second-order valence-electron chi connectivity index (χ2n) is 4.13. The zero-order valence-corrected chi connectivity index (χ0v) is 9.98. The predicted octanol–water partition coefficient (Wildman–Crippen LogP) is 1.02. The summed E-state index contributed by atoms with van der Waals surface area (Å²) in [6, 6.07) is 4.38. The number of benzene rings is 1. The number of nitrogens with zero attached hydrogens (tertiary/aromatic N) is 1. The summed E-state index contributed by atoms with van der Waals surface area (Å²) in [5, 5.41) is 8.89. The van der Waals surface area contributed by atoms with Crippen LogP contribution < -0.4 is 10.6 Å². The van der Waals surface area contributed by atoms with E-state index in [1.807, 2.05) is 13.8 Å². The van der Waals surface area contributed by atoms with Crippen LogP contribution in [0.3, 0.4) is 0 Å². The molecule has 0 unspecified atom stereocenters. The molecular weight excluding hydrogens is 223 g/mol. The summed E-state index contributed by atoms with van der Waals surface area (Å²) in [4.78, 5) is 12.5. The van der Waals surface area contributed by atoms with E-state index < -0.39 is 11.7 Å². The Kier molecular flexibility index (Phi) is 4.45. The fourth-order valence-electron chi connectivity index (χ4n) is 1.60. The molecule has 17 heavy (non-hydrogen) atoms. The molecule has 0 radical (unpaired) electrons. The number of aliphatic hydroxyl groups excluding tert-OH is 1. The maximum atomic E-state index is 13.8. The maximum absolute atomic E-state index is 13.8. The minimum Gasteiger partial charge on any atom is -0.392 e. The van der Waals surface area contributed by atoms with Crippen molar-refractivity contribution in [2.24, 2.45) is 5.73 Å². The van der Waals surface area contributed by atoms with Gasteiger partial charge in [0, 0.05) is 6.04 Å². The van der Waals surface area contributed by atoms with Gasteiger partial charge < -0.3 is 15.7 Å². The summed E-state index contributed by atoms with van der Waals surface area (Å²) in [6.45, 7) is 3.45. The average molecular weight is 240 g/mol. The van der Waals surface area contributed by atoms with Gasteiger partial charge in [0.1, 0.15) is 5.82 Å². The van der Waals surface area contributed by atoms with E-state index in [1.54, 1.807) is 17.0 Å². The molecule has 0 spiro atoms. The number of hydrogen-bond donors (Lipinski definition) is 2. The predicted molar refractivity (Wildman–Crippen MR) is 64.0 cm³/mol. The summed E-state index contributed by atoms with van der Waals surface area (Å²) in [6.07, 6.45) is 0. The third-order valence-electron chi connectivity index (χ3n) is 2.45. The second kappa shape index (κ2) is 5.63. The molecule has 1 aromatic rings. The highest BCUT2D eigenvalue weighted by Gasteiger charge is 2.16. The molecule has 1 aromatic carbocycles. The highest BCUT2D eigenvalue weighted by molar-refractivity contribution is 5.79. The van der Waals surface area contributed by atoms with Gasteiger partial charge in [-0.3, -0.25) is 4.79 Å². The lowest BCUT2D eigenvalue weighted by Crippen LogP contribution is -2.39. The van der Waals surface area contributed by atoms with Gasteiger partial charge in [0.05, 0.1) is 18.8 Å². The van der Waals surface area contributed by atoms with E-state index in [0.29, 0.717) is 11.3 Å². The molecule has 0 bridgehead atoms. The molecule has 0 aromatic heterocycles. The molecule has 0 heterocycles. The molecule has 0 fully saturated rings. The number of halogens is 1. The molecule has 3 N–H and O–H groups in total. The lowest BCUT2D eigenvalue weighted by atomic mass is 10.1. The Hall–Kier alpha value is -1.62. The quantitative estimate of drug-likeness (QED) is 0.807. The van der Waals surface area contributed by atoms with Crippen LogP contribution in [0, 0.1) is 5.82 Å². The third kappa shape index (κ3) is 3.42. The topological polar surface area (TPSA) is 66.6 Å². The summed E-state index contributed by atoms with van der Waals surface area (Å²) < 4.78 is 13.8. The highest BCUT2D eigenvalue weighted by atomic mass is 19.1. The van der Waals surface area contributed by atoms with Crippen LogP contribution >= 0.6 is 0 Å². The Morgan fingerprint density at radius 3 is 2.59 bits per heavy atom. The molecule has 0 aliphatic carbocycles. The van der Waals surface area contributed by atoms with Gasteiger partial charge in [-0.05, 0) is 31.5 Å². The monoisotopic (exact) mass is 240 g/mol. The minimum absolute atomic E-state index is 0.0347. The number of carbonyl (C=O) groups excluding carboxylic acids is 1. The molecule has 1 amide bonds. The van der Waals surface area contributed by atoms with Crippen LogP contribution in [0.4, 0.5) is 10.1 Å². The van der Waals surface area contributed by atoms with Gasteiger partial charge in [-0.1, -0.05) is 6.07 Å². The van der Waals surface area contributed by atoms with Gasteiger partial charge in [0.15, 0.2) is 0 Å². The molecule has 94 valence electrons. The number of hydrogen-bond acceptors (Lipinski definition) is 3. The summed E-state index contributed by atoms with van der Waals surface area (Å²) >= 11 is 0. The first kappa shape index (κ1) is 13.4. The van der Waals surface area contributed by atoms with Crippen molar-refractivity contribution in [2.75, 3.05) is 11.4 Å². The van der Waals surface area contributed by atoms with Crippen molar-refractivity contribution < 1.29 is 14.3 Å². The van der Waals surface area contributed by atoms with Crippen LogP contribution in [0.1, 0.15) is 19.4 Å². The van der Waals surface area contributed by atoms with Crippen LogP contribution in [-0.4, -0.2) is 23.6 Å². The van der Waals surface area contributed by atoms with E-state index in [4.69, 9.17) is 10.8 Å². The van der Waals surface area contributed by atoms with E-state index in [9.17, 15) is 9.18 Å². The van der Waals surface area contributed by atoms with Gasteiger partial charge in [0.2, 0.25) is 5.91 Å². The van der Waals surface area contributed by atoms with Gasteiger partial charge in [-0.25, -0.2) is 4.39 Å². The number of carbonyl (C=O) groups is 1. The molecule has 0 saturated heterocycles. The Morgan fingerprint density at radius 1 is 1.53 bits per heavy atom. The molecule has 0 atom stereocenters. The first-order valence-electron chi connectivity index (χ1n) is 5.40. The Bertz CT molecular complexity index is 407. The number of anilines is 1. The van der Waals surface area contributed by atoms with E-state index in [-0.39, 0.29) is 19.2 Å². The number of rotatable bonds is 5. The van der Waals surface area contributed by atoms with Crippen LogP contribution in [-0.2, 0) is 11.4 Å². The van der Waals surface area contributed by atoms with Crippen molar-refractivity contribution >= 4 is 11.6 Å². The fraction of sp³-hybridized carbons (Fsp3) is 0.417. The fourth-order valence-corrected chi connectivity index (χ4v) is 1.60. The van der Waals surface area contributed by atoms with Crippen LogP contribution in [0.5, 0.6) is 0 Å². The van der Waals surface area contributed by atoms with Crippen molar-refractivity contribution in [1.82, 2.24) is 0 Å². The SMILES string of the molecule is CC(C)N(CC(N)=O)c1ccc(CO)cc1F. The average Bonchev–Trinajstić information content (AvgIpc) is 2.25. The highest BCUT2D eigenvalue weighted by Crippen LogP contribution is 2.22. The van der Waals surface area contributed by atoms with Crippen LogP contribution in [0.15, 0.2) is 18.2 Å². The lowest BCUT2D eigenvalue weighted by molar-refractivity contribution is -0.116. The Labute approximate surface area is 99.8 Å². The zero-order valence-electron chi connectivity index (χ0n) is 9.98. The van der Waals surface area contributed by atoms with E-state index in [1.165, 1.54) is 6.07 Å². The molecular formula is C12H17FN2O2. The van der Waals surface area contributed by atoms with E-state index in [0.717, 1.165) is 0 Å². The molecule has 0 aliphatic heterocycles. The van der Waals surface area contributed by atoms with Crippen molar-refractivity contribution in [1.29, 1.82) is 0 Å². The number of amides is 1. The van der Waals surface area contributed by atoms with E-state index in [2.05, 4.69) is 0 Å². The molecule has 0 aliphatic rings. The first-order chi connectivity index (χ1) is 7.95. The van der Waals surface area contributed by atoms with Crippen molar-refractivity contribution in [3.05, 3.63) is 29.6 Å². The number of nitrogens with two attached hydrogens (primary N) is 1. The zero-order chi connectivity index (χ0) is 13.0. The summed E-state index contributed by atoms with van der Waals surface area (Å²) in [7, 11) is 0. The standard InChI is InChI=1S/C12H17FN2O2/c1-8(2)15(6-12(14)17)11-4-3-9(7-16)5-10(11)13/h3-5,8,16H,6-7H2,1-2H3,(H2,14,17). The largest absolute Gasteiger partial charge is 0.392 e. The van der Waals surface area contributed by atoms with Crippen molar-refractivity contribution in [2.45, 2.75) is 26.5 Å². The van der Waals surface area contributed by atoms with Gasteiger partial charge in [-0.2, -0.15) is 0 Å². The molecule has 1 rings (SSSR count). The molecule has 0 saturated carbocycles. The normalized spacial score (nSPS) is 10.6. The second-order valence-corrected chi connectivity index (χ2v) is 4.13. The van der Waals surface area contributed by atoms with Crippen LogP contribution in [0.25, 0.3) is 0 Å². The smallest absolute Gasteiger partial charge is 0.236 e. The number of primary amides is 1. The van der Waals surface area contributed by atoms with Gasteiger partial charge >= 0.3 is 0 Å². The van der Waals surface area contributed by atoms with Crippen molar-refractivity contribution in [3.63, 3.8) is 0 Å². The maximum Gasteiger partial charge on any atom is 0.236 e. The number of aliphatic hydroxyl groups is 1. The lowest BCUT2D eigenvalue weighted by Gasteiger charge is -2.28. The summed E-state index contributed by atoms with van der Waals surface area (Å²) in [5.41, 5.74) is 5.94. The van der Waals surface area contributed by atoms with Gasteiger partial charge in [0.25, 0.3) is 0 Å². The third-order valence-corrected chi connectivity index (χ3v) is 2.45. The van der Waals surface area contributed by atoms with Crippen LogP contribution in [0.2, 0.25) is 0 Å². The van der Waals surface area contributed by atoms with Crippen molar-refractivity contribution in [3.8, 4) is 0 Å². The Balaban J connectivity index is 3.06. The Morgan fingerprint density at radius 2 is 2.18 bits per heavy atom. The molecule has 5 heteroatoms. The van der Waals surface area contributed by atoms with Gasteiger partial charge in [-0.15, -0.1) is 0 Å². The van der Waals surface area contributed by atoms with E-state index >= 15 is 0 Å². The first-order valence-corrected chi connectivity index (χ1v) is 5.40.